The highest BCUT2D eigenvalue weighted by Gasteiger charge is 2.22. The van der Waals surface area contributed by atoms with Crippen molar-refractivity contribution in [2.24, 2.45) is 0 Å². The second-order valence-electron chi connectivity index (χ2n) is 5.29. The molecule has 1 aliphatic rings. The summed E-state index contributed by atoms with van der Waals surface area (Å²) in [6.07, 6.45) is 8.80. The first kappa shape index (κ1) is 14.4. The summed E-state index contributed by atoms with van der Waals surface area (Å²) in [5.41, 5.74) is 1.16. The maximum absolute atomic E-state index is 12.4. The van der Waals surface area contributed by atoms with E-state index in [2.05, 4.69) is 18.4 Å². The Kier molecular flexibility index (Phi) is 5.32. The Morgan fingerprint density at radius 3 is 2.63 bits per heavy atom. The van der Waals surface area contributed by atoms with Crippen LogP contribution in [0, 0.1) is 0 Å². The van der Waals surface area contributed by atoms with Crippen LogP contribution in [0.1, 0.15) is 37.7 Å². The molecule has 1 amide bonds. The fraction of sp³-hybridized carbons (Fsp3) is 0.562. The minimum Gasteiger partial charge on any atom is -0.342 e. The zero-order valence-electron chi connectivity index (χ0n) is 11.9. The first-order valence-corrected chi connectivity index (χ1v) is 8.32. The summed E-state index contributed by atoms with van der Waals surface area (Å²) >= 11 is 1.71. The molecule has 3 heteroatoms. The Balaban J connectivity index is 1.99. The van der Waals surface area contributed by atoms with Crippen LogP contribution in [0.5, 0.6) is 0 Å². The zero-order chi connectivity index (χ0) is 13.7. The van der Waals surface area contributed by atoms with Crippen LogP contribution in [0.25, 0.3) is 0 Å². The van der Waals surface area contributed by atoms with E-state index in [0.717, 1.165) is 5.56 Å². The minimum absolute atomic E-state index is 0.258. The Morgan fingerprint density at radius 1 is 1.26 bits per heavy atom. The Hall–Kier alpha value is -0.960. The van der Waals surface area contributed by atoms with Gasteiger partial charge in [-0.1, -0.05) is 37.5 Å². The molecule has 1 aromatic rings. The molecule has 0 radical (unpaired) electrons. The number of carbonyl (C=O) groups is 1. The molecule has 0 aliphatic heterocycles. The van der Waals surface area contributed by atoms with Crippen molar-refractivity contribution in [3.63, 3.8) is 0 Å². The monoisotopic (exact) mass is 277 g/mol. The summed E-state index contributed by atoms with van der Waals surface area (Å²) in [6, 6.07) is 8.67. The first-order valence-electron chi connectivity index (χ1n) is 7.10. The van der Waals surface area contributed by atoms with Gasteiger partial charge in [0.25, 0.3) is 0 Å². The molecule has 19 heavy (non-hydrogen) atoms. The third-order valence-corrected chi connectivity index (χ3v) is 4.89. The molecule has 1 aliphatic carbocycles. The van der Waals surface area contributed by atoms with E-state index in [4.69, 9.17) is 0 Å². The lowest BCUT2D eigenvalue weighted by Gasteiger charge is -2.31. The van der Waals surface area contributed by atoms with Gasteiger partial charge < -0.3 is 4.90 Å². The highest BCUT2D eigenvalue weighted by molar-refractivity contribution is 7.98. The van der Waals surface area contributed by atoms with Gasteiger partial charge in [-0.2, -0.15) is 0 Å². The lowest BCUT2D eigenvalue weighted by atomic mass is 9.94. The van der Waals surface area contributed by atoms with Gasteiger partial charge in [0.05, 0.1) is 6.42 Å². The number of hydrogen-bond donors (Lipinski definition) is 0. The molecular formula is C16H23NOS. The number of benzene rings is 1. The van der Waals surface area contributed by atoms with Crippen LogP contribution in [-0.2, 0) is 11.2 Å². The average Bonchev–Trinajstić information content (AvgIpc) is 2.48. The van der Waals surface area contributed by atoms with Crippen molar-refractivity contribution in [2.75, 3.05) is 13.3 Å². The van der Waals surface area contributed by atoms with Crippen LogP contribution < -0.4 is 0 Å². The van der Waals surface area contributed by atoms with Crippen molar-refractivity contribution < 1.29 is 4.79 Å². The topological polar surface area (TPSA) is 20.3 Å². The smallest absolute Gasteiger partial charge is 0.227 e. The lowest BCUT2D eigenvalue weighted by Crippen LogP contribution is -2.39. The Labute approximate surface area is 120 Å². The van der Waals surface area contributed by atoms with Crippen molar-refractivity contribution in [2.45, 2.75) is 49.5 Å². The molecule has 0 aromatic heterocycles. The second-order valence-corrected chi connectivity index (χ2v) is 6.13. The number of rotatable bonds is 4. The van der Waals surface area contributed by atoms with Gasteiger partial charge in [-0.15, -0.1) is 11.8 Å². The molecule has 0 unspecified atom stereocenters. The first-order chi connectivity index (χ1) is 9.22. The molecule has 0 spiro atoms. The van der Waals surface area contributed by atoms with E-state index in [1.165, 1.54) is 37.0 Å². The van der Waals surface area contributed by atoms with Gasteiger partial charge in [0.15, 0.2) is 0 Å². The molecule has 1 saturated carbocycles. The minimum atomic E-state index is 0.258. The third kappa shape index (κ3) is 3.75. The molecule has 2 rings (SSSR count). The van der Waals surface area contributed by atoms with Crippen molar-refractivity contribution in [3.05, 3.63) is 29.8 Å². The number of hydrogen-bond acceptors (Lipinski definition) is 2. The van der Waals surface area contributed by atoms with E-state index >= 15 is 0 Å². The summed E-state index contributed by atoms with van der Waals surface area (Å²) < 4.78 is 0. The van der Waals surface area contributed by atoms with Crippen LogP contribution in [0.15, 0.2) is 29.2 Å². The predicted molar refractivity (Wildman–Crippen MR) is 81.6 cm³/mol. The van der Waals surface area contributed by atoms with E-state index in [-0.39, 0.29) is 5.91 Å². The van der Waals surface area contributed by atoms with E-state index in [1.807, 2.05) is 24.1 Å². The van der Waals surface area contributed by atoms with Crippen molar-refractivity contribution >= 4 is 17.7 Å². The molecule has 104 valence electrons. The SMILES string of the molecule is CSc1ccccc1CC(=O)N(C)C1CCCCC1. The van der Waals surface area contributed by atoms with E-state index in [9.17, 15) is 4.79 Å². The summed E-state index contributed by atoms with van der Waals surface area (Å²) in [7, 11) is 1.97. The normalized spacial score (nSPS) is 16.3. The van der Waals surface area contributed by atoms with Crippen molar-refractivity contribution in [1.29, 1.82) is 0 Å². The maximum atomic E-state index is 12.4. The highest BCUT2D eigenvalue weighted by Crippen LogP contribution is 2.24. The summed E-state index contributed by atoms with van der Waals surface area (Å²) in [4.78, 5) is 15.6. The number of nitrogens with zero attached hydrogens (tertiary/aromatic N) is 1. The molecule has 0 bridgehead atoms. The number of amides is 1. The maximum Gasteiger partial charge on any atom is 0.227 e. The van der Waals surface area contributed by atoms with E-state index in [0.29, 0.717) is 12.5 Å². The molecule has 0 atom stereocenters. The summed E-state index contributed by atoms with van der Waals surface area (Å²) in [5, 5.41) is 0. The Morgan fingerprint density at radius 2 is 1.95 bits per heavy atom. The predicted octanol–water partition coefficient (Wildman–Crippen LogP) is 3.74. The average molecular weight is 277 g/mol. The van der Waals surface area contributed by atoms with E-state index < -0.39 is 0 Å². The largest absolute Gasteiger partial charge is 0.342 e. The van der Waals surface area contributed by atoms with Crippen molar-refractivity contribution in [1.82, 2.24) is 4.90 Å². The molecule has 0 heterocycles. The van der Waals surface area contributed by atoms with Gasteiger partial charge in [-0.25, -0.2) is 0 Å². The molecule has 0 N–H and O–H groups in total. The second kappa shape index (κ2) is 6.99. The standard InChI is InChI=1S/C16H23NOS/c1-17(14-9-4-3-5-10-14)16(18)12-13-8-6-7-11-15(13)19-2/h6-8,11,14H,3-5,9-10,12H2,1-2H3. The molecule has 1 aromatic carbocycles. The lowest BCUT2D eigenvalue weighted by molar-refractivity contribution is -0.131. The van der Waals surface area contributed by atoms with Crippen LogP contribution in [0.4, 0.5) is 0 Å². The number of carbonyl (C=O) groups excluding carboxylic acids is 1. The van der Waals surface area contributed by atoms with Crippen LogP contribution >= 0.6 is 11.8 Å². The molecule has 2 nitrogen and oxygen atoms in total. The van der Waals surface area contributed by atoms with Gasteiger partial charge >= 0.3 is 0 Å². The van der Waals surface area contributed by atoms with Crippen molar-refractivity contribution in [3.8, 4) is 0 Å². The number of likely N-dealkylation sites (N-methyl/N-ethyl adjacent to an activating group) is 1. The van der Waals surface area contributed by atoms with Crippen LogP contribution in [0.2, 0.25) is 0 Å². The fourth-order valence-corrected chi connectivity index (χ4v) is 3.43. The van der Waals surface area contributed by atoms with Gasteiger partial charge in [0.2, 0.25) is 5.91 Å². The Bertz CT molecular complexity index is 427. The van der Waals surface area contributed by atoms with Crippen LogP contribution in [-0.4, -0.2) is 30.2 Å². The quantitative estimate of drug-likeness (QED) is 0.781. The van der Waals surface area contributed by atoms with E-state index in [1.54, 1.807) is 11.8 Å². The van der Waals surface area contributed by atoms with Gasteiger partial charge in [0, 0.05) is 18.0 Å². The fourth-order valence-electron chi connectivity index (χ4n) is 2.81. The van der Waals surface area contributed by atoms with Gasteiger partial charge in [-0.05, 0) is 30.7 Å². The van der Waals surface area contributed by atoms with Gasteiger partial charge in [0.1, 0.15) is 0 Å². The summed E-state index contributed by atoms with van der Waals surface area (Å²) in [6.45, 7) is 0. The molecule has 1 fully saturated rings. The number of thioether (sulfide) groups is 1. The highest BCUT2D eigenvalue weighted by atomic mass is 32.2. The van der Waals surface area contributed by atoms with Gasteiger partial charge in [-0.3, -0.25) is 4.79 Å². The molecule has 0 saturated heterocycles. The zero-order valence-corrected chi connectivity index (χ0v) is 12.7. The molecular weight excluding hydrogens is 254 g/mol. The third-order valence-electron chi connectivity index (χ3n) is 4.05. The summed E-state index contributed by atoms with van der Waals surface area (Å²) in [5.74, 6) is 0.258. The van der Waals surface area contributed by atoms with Crippen LogP contribution in [0.3, 0.4) is 0 Å².